The fourth-order valence-electron chi connectivity index (χ4n) is 3.83. The number of aromatic nitrogens is 1. The Morgan fingerprint density at radius 2 is 1.85 bits per heavy atom. The first-order chi connectivity index (χ1) is 13.1. The second-order valence-electron chi connectivity index (χ2n) is 6.84. The highest BCUT2D eigenvalue weighted by molar-refractivity contribution is 6.30. The van der Waals surface area contributed by atoms with Crippen molar-refractivity contribution in [3.63, 3.8) is 0 Å². The first kappa shape index (κ1) is 18.1. The second-order valence-corrected chi connectivity index (χ2v) is 7.28. The number of nitrogens with zero attached hydrogens (tertiary/aromatic N) is 3. The molecule has 27 heavy (non-hydrogen) atoms. The summed E-state index contributed by atoms with van der Waals surface area (Å²) in [5.74, 6) is -0.280. The predicted octanol–water partition coefficient (Wildman–Crippen LogP) is 2.32. The van der Waals surface area contributed by atoms with Crippen molar-refractivity contribution in [2.75, 3.05) is 32.8 Å². The monoisotopic (exact) mass is 387 g/mol. The van der Waals surface area contributed by atoms with Crippen molar-refractivity contribution < 1.29 is 14.3 Å². The van der Waals surface area contributed by atoms with E-state index in [1.165, 1.54) is 0 Å². The molecule has 0 spiro atoms. The Labute approximate surface area is 163 Å². The molecule has 2 aliphatic heterocycles. The summed E-state index contributed by atoms with van der Waals surface area (Å²) in [7, 11) is 0. The average molecular weight is 388 g/mol. The zero-order valence-electron chi connectivity index (χ0n) is 15.0. The SMILES string of the molecule is O=C(CC(=O)N1CCn2cccc2[C@@H]1c1cccc(Cl)c1)N1CCOCC1. The molecule has 4 rings (SSSR count). The van der Waals surface area contributed by atoms with Gasteiger partial charge in [-0.05, 0) is 29.8 Å². The molecule has 1 aromatic carbocycles. The molecule has 1 atom stereocenters. The maximum absolute atomic E-state index is 13.1. The van der Waals surface area contributed by atoms with Gasteiger partial charge in [0, 0.05) is 43.1 Å². The smallest absolute Gasteiger partial charge is 0.232 e. The lowest BCUT2D eigenvalue weighted by Gasteiger charge is -2.38. The first-order valence-electron chi connectivity index (χ1n) is 9.19. The number of fused-ring (bicyclic) bond motifs is 1. The van der Waals surface area contributed by atoms with Gasteiger partial charge in [-0.25, -0.2) is 0 Å². The van der Waals surface area contributed by atoms with E-state index in [1.807, 2.05) is 42.6 Å². The van der Waals surface area contributed by atoms with Gasteiger partial charge >= 0.3 is 0 Å². The lowest BCUT2D eigenvalue weighted by atomic mass is 9.99. The van der Waals surface area contributed by atoms with Crippen LogP contribution >= 0.6 is 11.6 Å². The molecular formula is C20H22ClN3O3. The fraction of sp³-hybridized carbons (Fsp3) is 0.400. The van der Waals surface area contributed by atoms with Crippen LogP contribution < -0.4 is 0 Å². The van der Waals surface area contributed by atoms with Crippen LogP contribution in [0.3, 0.4) is 0 Å². The molecular weight excluding hydrogens is 366 g/mol. The Morgan fingerprint density at radius 1 is 1.04 bits per heavy atom. The van der Waals surface area contributed by atoms with Crippen molar-refractivity contribution in [3.8, 4) is 0 Å². The van der Waals surface area contributed by atoms with Gasteiger partial charge in [-0.2, -0.15) is 0 Å². The number of carbonyl (C=O) groups excluding carboxylic acids is 2. The molecule has 0 bridgehead atoms. The number of hydrogen-bond acceptors (Lipinski definition) is 3. The summed E-state index contributed by atoms with van der Waals surface area (Å²) in [6.07, 6.45) is 1.91. The maximum Gasteiger partial charge on any atom is 0.232 e. The van der Waals surface area contributed by atoms with Gasteiger partial charge in [0.05, 0.1) is 19.3 Å². The van der Waals surface area contributed by atoms with Gasteiger partial charge in [-0.3, -0.25) is 9.59 Å². The van der Waals surface area contributed by atoms with Crippen LogP contribution in [-0.2, 0) is 20.9 Å². The third-order valence-corrected chi connectivity index (χ3v) is 5.42. The van der Waals surface area contributed by atoms with Gasteiger partial charge in [0.25, 0.3) is 0 Å². The van der Waals surface area contributed by atoms with Crippen molar-refractivity contribution in [1.82, 2.24) is 14.4 Å². The van der Waals surface area contributed by atoms with E-state index in [0.29, 0.717) is 37.9 Å². The topological polar surface area (TPSA) is 54.8 Å². The summed E-state index contributed by atoms with van der Waals surface area (Å²) in [5.41, 5.74) is 1.99. The Morgan fingerprint density at radius 3 is 2.63 bits per heavy atom. The largest absolute Gasteiger partial charge is 0.378 e. The third kappa shape index (κ3) is 3.73. The summed E-state index contributed by atoms with van der Waals surface area (Å²) in [6.45, 7) is 3.44. The summed E-state index contributed by atoms with van der Waals surface area (Å²) in [5, 5.41) is 0.632. The van der Waals surface area contributed by atoms with Crippen LogP contribution in [0.2, 0.25) is 5.02 Å². The lowest BCUT2D eigenvalue weighted by Crippen LogP contribution is -2.46. The average Bonchev–Trinajstić information content (AvgIpc) is 3.16. The van der Waals surface area contributed by atoms with Crippen molar-refractivity contribution >= 4 is 23.4 Å². The molecule has 2 amide bonds. The zero-order chi connectivity index (χ0) is 18.8. The Hall–Kier alpha value is -2.31. The number of halogens is 1. The summed E-state index contributed by atoms with van der Waals surface area (Å²) < 4.78 is 7.43. The van der Waals surface area contributed by atoms with Crippen LogP contribution in [0.5, 0.6) is 0 Å². The molecule has 0 aliphatic carbocycles. The zero-order valence-corrected chi connectivity index (χ0v) is 15.8. The highest BCUT2D eigenvalue weighted by atomic mass is 35.5. The molecule has 0 radical (unpaired) electrons. The molecule has 0 unspecified atom stereocenters. The molecule has 1 saturated heterocycles. The summed E-state index contributed by atoms with van der Waals surface area (Å²) in [6, 6.07) is 11.3. The molecule has 2 aliphatic rings. The summed E-state index contributed by atoms with van der Waals surface area (Å²) in [4.78, 5) is 29.1. The lowest BCUT2D eigenvalue weighted by molar-refractivity contribution is -0.144. The highest BCUT2D eigenvalue weighted by Gasteiger charge is 2.33. The predicted molar refractivity (Wildman–Crippen MR) is 101 cm³/mol. The number of morpholine rings is 1. The van der Waals surface area contributed by atoms with Gasteiger partial charge < -0.3 is 19.1 Å². The fourth-order valence-corrected chi connectivity index (χ4v) is 4.03. The number of benzene rings is 1. The molecule has 6 nitrogen and oxygen atoms in total. The Balaban J connectivity index is 1.58. The van der Waals surface area contributed by atoms with Crippen LogP contribution in [0.25, 0.3) is 0 Å². The minimum Gasteiger partial charge on any atom is -0.378 e. The minimum absolute atomic E-state index is 0.113. The molecule has 0 N–H and O–H groups in total. The third-order valence-electron chi connectivity index (χ3n) is 5.19. The number of amides is 2. The maximum atomic E-state index is 13.1. The first-order valence-corrected chi connectivity index (χ1v) is 9.57. The van der Waals surface area contributed by atoms with Crippen LogP contribution in [0.4, 0.5) is 0 Å². The van der Waals surface area contributed by atoms with E-state index < -0.39 is 0 Å². The van der Waals surface area contributed by atoms with Gasteiger partial charge in [-0.15, -0.1) is 0 Å². The quantitative estimate of drug-likeness (QED) is 0.759. The van der Waals surface area contributed by atoms with Crippen LogP contribution in [0.1, 0.15) is 23.7 Å². The minimum atomic E-state index is -0.238. The second kappa shape index (κ2) is 7.74. The van der Waals surface area contributed by atoms with Crippen molar-refractivity contribution in [2.45, 2.75) is 19.0 Å². The normalized spacial score (nSPS) is 19.7. The van der Waals surface area contributed by atoms with Gasteiger partial charge in [0.1, 0.15) is 6.42 Å². The Bertz CT molecular complexity index is 845. The molecule has 2 aromatic rings. The van der Waals surface area contributed by atoms with Crippen LogP contribution in [0.15, 0.2) is 42.6 Å². The molecule has 0 saturated carbocycles. The van der Waals surface area contributed by atoms with Gasteiger partial charge in [0.2, 0.25) is 11.8 Å². The van der Waals surface area contributed by atoms with Gasteiger partial charge in [0.15, 0.2) is 0 Å². The molecule has 142 valence electrons. The molecule has 1 fully saturated rings. The van der Waals surface area contributed by atoms with Crippen molar-refractivity contribution in [1.29, 1.82) is 0 Å². The van der Waals surface area contributed by atoms with Crippen LogP contribution in [-0.4, -0.2) is 59.0 Å². The van der Waals surface area contributed by atoms with E-state index in [4.69, 9.17) is 16.3 Å². The van der Waals surface area contributed by atoms with E-state index >= 15 is 0 Å². The van der Waals surface area contributed by atoms with E-state index in [9.17, 15) is 9.59 Å². The molecule has 7 heteroatoms. The van der Waals surface area contributed by atoms with Crippen molar-refractivity contribution in [3.05, 3.63) is 58.9 Å². The molecule has 1 aromatic heterocycles. The number of carbonyl (C=O) groups is 2. The van der Waals surface area contributed by atoms with E-state index in [-0.39, 0.29) is 24.3 Å². The highest BCUT2D eigenvalue weighted by Crippen LogP contribution is 2.34. The number of hydrogen-bond donors (Lipinski definition) is 0. The van der Waals surface area contributed by atoms with E-state index in [2.05, 4.69) is 4.57 Å². The standard InChI is InChI=1S/C20H22ClN3O3/c21-16-4-1-3-15(13-16)20-17-5-2-6-22(17)7-8-24(20)19(26)14-18(25)23-9-11-27-12-10-23/h1-6,13,20H,7-12,14H2/t20-/m0/s1. The van der Waals surface area contributed by atoms with E-state index in [1.54, 1.807) is 9.80 Å². The Kier molecular flexibility index (Phi) is 5.18. The van der Waals surface area contributed by atoms with Crippen molar-refractivity contribution in [2.24, 2.45) is 0 Å². The summed E-state index contributed by atoms with van der Waals surface area (Å²) >= 11 is 6.20. The van der Waals surface area contributed by atoms with Gasteiger partial charge in [-0.1, -0.05) is 23.7 Å². The molecule has 3 heterocycles. The van der Waals surface area contributed by atoms with E-state index in [0.717, 1.165) is 17.8 Å². The number of ether oxygens (including phenoxy) is 1. The number of rotatable bonds is 3. The van der Waals surface area contributed by atoms with Crippen LogP contribution in [0, 0.1) is 0 Å².